The Morgan fingerprint density at radius 1 is 1.35 bits per heavy atom. The lowest BCUT2D eigenvalue weighted by molar-refractivity contribution is 0.0715. The Morgan fingerprint density at radius 2 is 2.05 bits per heavy atom. The van der Waals surface area contributed by atoms with E-state index in [1.807, 2.05) is 29.2 Å². The maximum Gasteiger partial charge on any atom is 0.255 e. The molecule has 0 saturated carbocycles. The zero-order valence-corrected chi connectivity index (χ0v) is 13.7. The molecule has 4 heteroatoms. The van der Waals surface area contributed by atoms with E-state index in [0.29, 0.717) is 5.92 Å². The van der Waals surface area contributed by atoms with Crippen molar-refractivity contribution in [1.29, 1.82) is 0 Å². The second-order valence-corrected chi connectivity index (χ2v) is 6.28. The maximum atomic E-state index is 12.7. The minimum atomic E-state index is 0.151. The summed E-state index contributed by atoms with van der Waals surface area (Å²) in [6, 6.07) is 7.70. The third-order valence-corrected chi connectivity index (χ3v) is 4.51. The molecule has 20 heavy (non-hydrogen) atoms. The molecule has 1 amide bonds. The van der Waals surface area contributed by atoms with Gasteiger partial charge in [0.25, 0.3) is 5.91 Å². The van der Waals surface area contributed by atoms with Crippen molar-refractivity contribution >= 4 is 21.8 Å². The van der Waals surface area contributed by atoms with Crippen LogP contribution in [-0.2, 0) is 0 Å². The Morgan fingerprint density at radius 3 is 2.70 bits per heavy atom. The van der Waals surface area contributed by atoms with Crippen LogP contribution in [0.2, 0.25) is 0 Å². The van der Waals surface area contributed by atoms with Gasteiger partial charge in [0.2, 0.25) is 0 Å². The van der Waals surface area contributed by atoms with Gasteiger partial charge < -0.3 is 10.2 Å². The van der Waals surface area contributed by atoms with Crippen molar-refractivity contribution in [3.8, 4) is 0 Å². The van der Waals surface area contributed by atoms with Gasteiger partial charge in [0, 0.05) is 17.6 Å². The van der Waals surface area contributed by atoms with E-state index in [2.05, 4.69) is 28.2 Å². The number of carbonyl (C=O) groups is 1. The number of carbonyl (C=O) groups excluding carboxylic acids is 1. The average Bonchev–Trinajstić information content (AvgIpc) is 2.48. The largest absolute Gasteiger partial charge is 0.338 e. The fourth-order valence-electron chi connectivity index (χ4n) is 2.73. The molecule has 2 rings (SSSR count). The van der Waals surface area contributed by atoms with Gasteiger partial charge in [-0.3, -0.25) is 4.79 Å². The number of nitrogens with one attached hydrogen (secondary N) is 1. The molecule has 0 radical (unpaired) electrons. The molecule has 1 fully saturated rings. The summed E-state index contributed by atoms with van der Waals surface area (Å²) in [4.78, 5) is 14.7. The van der Waals surface area contributed by atoms with Crippen molar-refractivity contribution in [1.82, 2.24) is 10.2 Å². The van der Waals surface area contributed by atoms with Crippen LogP contribution in [0.4, 0.5) is 0 Å². The lowest BCUT2D eigenvalue weighted by Crippen LogP contribution is -2.39. The Hall–Kier alpha value is -0.870. The van der Waals surface area contributed by atoms with Gasteiger partial charge in [0.1, 0.15) is 0 Å². The number of rotatable bonds is 5. The van der Waals surface area contributed by atoms with E-state index in [1.165, 1.54) is 12.8 Å². The predicted octanol–water partition coefficient (Wildman–Crippen LogP) is 3.30. The summed E-state index contributed by atoms with van der Waals surface area (Å²) in [6.07, 6.45) is 3.34. The van der Waals surface area contributed by atoms with Crippen molar-refractivity contribution in [3.63, 3.8) is 0 Å². The zero-order valence-electron chi connectivity index (χ0n) is 12.1. The fourth-order valence-corrected chi connectivity index (χ4v) is 3.18. The van der Waals surface area contributed by atoms with E-state index in [-0.39, 0.29) is 5.91 Å². The van der Waals surface area contributed by atoms with E-state index >= 15 is 0 Å². The molecule has 1 heterocycles. The van der Waals surface area contributed by atoms with E-state index in [0.717, 1.165) is 42.6 Å². The van der Waals surface area contributed by atoms with E-state index in [4.69, 9.17) is 0 Å². The number of amides is 1. The molecule has 0 aliphatic carbocycles. The van der Waals surface area contributed by atoms with Gasteiger partial charge in [-0.25, -0.2) is 0 Å². The normalized spacial score (nSPS) is 16.1. The number of hydrogen-bond donors (Lipinski definition) is 1. The molecule has 1 saturated heterocycles. The van der Waals surface area contributed by atoms with Crippen LogP contribution < -0.4 is 5.32 Å². The molecular formula is C16H23BrN2O. The van der Waals surface area contributed by atoms with Crippen molar-refractivity contribution in [2.45, 2.75) is 26.2 Å². The van der Waals surface area contributed by atoms with Crippen molar-refractivity contribution in [2.75, 3.05) is 26.2 Å². The highest BCUT2D eigenvalue weighted by molar-refractivity contribution is 9.10. The third-order valence-electron chi connectivity index (χ3n) is 3.82. The second-order valence-electron chi connectivity index (χ2n) is 5.42. The predicted molar refractivity (Wildman–Crippen MR) is 85.9 cm³/mol. The monoisotopic (exact) mass is 338 g/mol. The van der Waals surface area contributed by atoms with Crippen molar-refractivity contribution in [3.05, 3.63) is 34.3 Å². The lowest BCUT2D eigenvalue weighted by Gasteiger charge is -2.30. The topological polar surface area (TPSA) is 32.3 Å². The molecule has 1 aromatic carbocycles. The molecule has 1 aliphatic heterocycles. The summed E-state index contributed by atoms with van der Waals surface area (Å²) < 4.78 is 0.886. The summed E-state index contributed by atoms with van der Waals surface area (Å²) in [5, 5.41) is 3.38. The third kappa shape index (κ3) is 4.06. The van der Waals surface area contributed by atoms with E-state index in [1.54, 1.807) is 0 Å². The van der Waals surface area contributed by atoms with E-state index < -0.39 is 0 Å². The van der Waals surface area contributed by atoms with Crippen LogP contribution in [0.5, 0.6) is 0 Å². The minimum absolute atomic E-state index is 0.151. The maximum absolute atomic E-state index is 12.7. The van der Waals surface area contributed by atoms with Crippen LogP contribution in [0.1, 0.15) is 36.5 Å². The Balaban J connectivity index is 2.07. The lowest BCUT2D eigenvalue weighted by atomic mass is 9.97. The molecule has 0 bridgehead atoms. The Kier molecular flexibility index (Phi) is 6.05. The van der Waals surface area contributed by atoms with Crippen molar-refractivity contribution in [2.24, 2.45) is 5.92 Å². The average molecular weight is 339 g/mol. The van der Waals surface area contributed by atoms with Gasteiger partial charge in [-0.15, -0.1) is 0 Å². The van der Waals surface area contributed by atoms with Gasteiger partial charge in [0.05, 0.1) is 5.56 Å². The van der Waals surface area contributed by atoms with Crippen LogP contribution in [0.3, 0.4) is 0 Å². The van der Waals surface area contributed by atoms with Crippen LogP contribution in [0.15, 0.2) is 28.7 Å². The second kappa shape index (κ2) is 7.79. The van der Waals surface area contributed by atoms with Crippen LogP contribution >= 0.6 is 15.9 Å². The molecule has 110 valence electrons. The summed E-state index contributed by atoms with van der Waals surface area (Å²) >= 11 is 3.48. The van der Waals surface area contributed by atoms with Gasteiger partial charge in [0.15, 0.2) is 0 Å². The van der Waals surface area contributed by atoms with Gasteiger partial charge >= 0.3 is 0 Å². The highest BCUT2D eigenvalue weighted by atomic mass is 79.9. The smallest absolute Gasteiger partial charge is 0.255 e. The molecule has 0 atom stereocenters. The first kappa shape index (κ1) is 15.5. The molecule has 0 spiro atoms. The molecule has 1 aliphatic rings. The quantitative estimate of drug-likeness (QED) is 0.893. The molecule has 0 aromatic heterocycles. The molecule has 0 unspecified atom stereocenters. The minimum Gasteiger partial charge on any atom is -0.338 e. The molecular weight excluding hydrogens is 316 g/mol. The summed E-state index contributed by atoms with van der Waals surface area (Å²) in [6.45, 7) is 6.00. The molecule has 1 aromatic rings. The highest BCUT2D eigenvalue weighted by Crippen LogP contribution is 2.20. The zero-order chi connectivity index (χ0) is 14.4. The van der Waals surface area contributed by atoms with Crippen LogP contribution in [0.25, 0.3) is 0 Å². The van der Waals surface area contributed by atoms with Gasteiger partial charge in [-0.1, -0.05) is 19.1 Å². The Bertz CT molecular complexity index is 444. The first-order chi connectivity index (χ1) is 9.72. The van der Waals surface area contributed by atoms with Crippen LogP contribution in [-0.4, -0.2) is 37.0 Å². The van der Waals surface area contributed by atoms with Crippen molar-refractivity contribution < 1.29 is 4.79 Å². The van der Waals surface area contributed by atoms with Gasteiger partial charge in [-0.05, 0) is 66.3 Å². The fraction of sp³-hybridized carbons (Fsp3) is 0.562. The van der Waals surface area contributed by atoms with Crippen LogP contribution in [0, 0.1) is 5.92 Å². The van der Waals surface area contributed by atoms with Gasteiger partial charge in [-0.2, -0.15) is 0 Å². The number of benzene rings is 1. The summed E-state index contributed by atoms with van der Waals surface area (Å²) in [5.74, 6) is 0.784. The number of nitrogens with zero attached hydrogens (tertiary/aromatic N) is 1. The SMILES string of the molecule is CCCN(CC1CCNCC1)C(=O)c1ccccc1Br. The number of piperidine rings is 1. The molecule has 1 N–H and O–H groups in total. The highest BCUT2D eigenvalue weighted by Gasteiger charge is 2.22. The Labute approximate surface area is 129 Å². The first-order valence-corrected chi connectivity index (χ1v) is 8.26. The summed E-state index contributed by atoms with van der Waals surface area (Å²) in [7, 11) is 0. The standard InChI is InChI=1S/C16H23BrN2O/c1-2-11-19(12-13-7-9-18-10-8-13)16(20)14-5-3-4-6-15(14)17/h3-6,13,18H,2,7-12H2,1H3. The summed E-state index contributed by atoms with van der Waals surface area (Å²) in [5.41, 5.74) is 0.773. The molecule has 3 nitrogen and oxygen atoms in total. The van der Waals surface area contributed by atoms with E-state index in [9.17, 15) is 4.79 Å². The number of halogens is 1. The number of hydrogen-bond acceptors (Lipinski definition) is 2. The first-order valence-electron chi connectivity index (χ1n) is 7.47.